The van der Waals surface area contributed by atoms with E-state index in [4.69, 9.17) is 11.6 Å². The number of hydrogen-bond acceptors (Lipinski definition) is 2. The molecule has 0 bridgehead atoms. The average Bonchev–Trinajstić information content (AvgIpc) is 2.44. The summed E-state index contributed by atoms with van der Waals surface area (Å²) < 4.78 is 0. The van der Waals surface area contributed by atoms with Gasteiger partial charge in [-0.15, -0.1) is 0 Å². The van der Waals surface area contributed by atoms with Crippen LogP contribution in [0.4, 0.5) is 0 Å². The van der Waals surface area contributed by atoms with Crippen LogP contribution in [0.25, 0.3) is 0 Å². The van der Waals surface area contributed by atoms with Gasteiger partial charge in [0.15, 0.2) is 0 Å². The Labute approximate surface area is 124 Å². The maximum Gasteiger partial charge on any atom is 0.272 e. The fourth-order valence-electron chi connectivity index (χ4n) is 2.04. The molecule has 1 aromatic carbocycles. The van der Waals surface area contributed by atoms with Gasteiger partial charge in [0.1, 0.15) is 5.69 Å². The predicted molar refractivity (Wildman–Crippen MR) is 80.8 cm³/mol. The lowest BCUT2D eigenvalue weighted by molar-refractivity contribution is 0.0746. The van der Waals surface area contributed by atoms with Gasteiger partial charge in [-0.25, -0.2) is 0 Å². The Kier molecular flexibility index (Phi) is 4.74. The summed E-state index contributed by atoms with van der Waals surface area (Å²) in [5, 5.41) is 0.523. The lowest BCUT2D eigenvalue weighted by atomic mass is 10.1. The topological polar surface area (TPSA) is 33.2 Å². The second-order valence-corrected chi connectivity index (χ2v) is 5.10. The van der Waals surface area contributed by atoms with Crippen LogP contribution in [0.2, 0.25) is 5.02 Å². The Balaban J connectivity index is 2.18. The third-order valence-electron chi connectivity index (χ3n) is 3.07. The SMILES string of the molecule is CCN(Cc1cccc(C)c1)C(=O)c1cc(Cl)ccn1. The molecule has 0 unspecified atom stereocenters. The van der Waals surface area contributed by atoms with Crippen molar-refractivity contribution in [3.05, 3.63) is 64.4 Å². The van der Waals surface area contributed by atoms with Crippen LogP contribution in [0.5, 0.6) is 0 Å². The average molecular weight is 289 g/mol. The van der Waals surface area contributed by atoms with E-state index in [1.807, 2.05) is 32.0 Å². The number of hydrogen-bond donors (Lipinski definition) is 0. The number of carbonyl (C=O) groups excluding carboxylic acids is 1. The molecule has 3 nitrogen and oxygen atoms in total. The first-order valence-electron chi connectivity index (χ1n) is 6.56. The molecule has 0 saturated heterocycles. The number of aryl methyl sites for hydroxylation is 1. The fourth-order valence-corrected chi connectivity index (χ4v) is 2.20. The quantitative estimate of drug-likeness (QED) is 0.859. The molecule has 0 atom stereocenters. The molecular weight excluding hydrogens is 272 g/mol. The summed E-state index contributed by atoms with van der Waals surface area (Å²) in [7, 11) is 0. The Morgan fingerprint density at radius 1 is 1.30 bits per heavy atom. The monoisotopic (exact) mass is 288 g/mol. The van der Waals surface area contributed by atoms with Crippen LogP contribution in [0.15, 0.2) is 42.6 Å². The van der Waals surface area contributed by atoms with E-state index in [0.29, 0.717) is 23.8 Å². The van der Waals surface area contributed by atoms with Gasteiger partial charge >= 0.3 is 0 Å². The second-order valence-electron chi connectivity index (χ2n) is 4.67. The van der Waals surface area contributed by atoms with E-state index in [9.17, 15) is 4.79 Å². The molecule has 0 saturated carbocycles. The van der Waals surface area contributed by atoms with Crippen LogP contribution in [0.3, 0.4) is 0 Å². The molecule has 4 heteroatoms. The van der Waals surface area contributed by atoms with Gasteiger partial charge in [-0.3, -0.25) is 9.78 Å². The van der Waals surface area contributed by atoms with Gasteiger partial charge in [-0.05, 0) is 31.5 Å². The van der Waals surface area contributed by atoms with Crippen LogP contribution >= 0.6 is 11.6 Å². The minimum atomic E-state index is -0.100. The Hall–Kier alpha value is -1.87. The van der Waals surface area contributed by atoms with Crippen LogP contribution in [0, 0.1) is 6.92 Å². The minimum Gasteiger partial charge on any atom is -0.333 e. The number of aromatic nitrogens is 1. The van der Waals surface area contributed by atoms with Crippen molar-refractivity contribution in [2.24, 2.45) is 0 Å². The normalized spacial score (nSPS) is 10.3. The van der Waals surface area contributed by atoms with E-state index >= 15 is 0 Å². The van der Waals surface area contributed by atoms with Crippen molar-refractivity contribution in [3.63, 3.8) is 0 Å². The zero-order valence-corrected chi connectivity index (χ0v) is 12.4. The van der Waals surface area contributed by atoms with E-state index in [-0.39, 0.29) is 5.91 Å². The lowest BCUT2D eigenvalue weighted by Gasteiger charge is -2.20. The van der Waals surface area contributed by atoms with Crippen molar-refractivity contribution >= 4 is 17.5 Å². The summed E-state index contributed by atoms with van der Waals surface area (Å²) in [5.74, 6) is -0.100. The van der Waals surface area contributed by atoms with Gasteiger partial charge in [0.05, 0.1) is 0 Å². The number of rotatable bonds is 4. The van der Waals surface area contributed by atoms with Gasteiger partial charge in [0.25, 0.3) is 5.91 Å². The summed E-state index contributed by atoms with van der Waals surface area (Å²) in [5.41, 5.74) is 2.68. The lowest BCUT2D eigenvalue weighted by Crippen LogP contribution is -2.30. The molecule has 0 N–H and O–H groups in total. The third-order valence-corrected chi connectivity index (χ3v) is 3.30. The number of carbonyl (C=O) groups is 1. The maximum absolute atomic E-state index is 12.4. The highest BCUT2D eigenvalue weighted by molar-refractivity contribution is 6.30. The molecule has 2 rings (SSSR count). The van der Waals surface area contributed by atoms with Crippen molar-refractivity contribution in [2.75, 3.05) is 6.54 Å². The molecule has 104 valence electrons. The molecule has 0 aliphatic carbocycles. The first-order valence-corrected chi connectivity index (χ1v) is 6.94. The summed E-state index contributed by atoms with van der Waals surface area (Å²) in [6, 6.07) is 11.4. The highest BCUT2D eigenvalue weighted by Gasteiger charge is 2.16. The fraction of sp³-hybridized carbons (Fsp3) is 0.250. The molecule has 1 heterocycles. The van der Waals surface area contributed by atoms with Crippen molar-refractivity contribution < 1.29 is 4.79 Å². The summed E-state index contributed by atoms with van der Waals surface area (Å²) >= 11 is 5.91. The summed E-state index contributed by atoms with van der Waals surface area (Å²) in [4.78, 5) is 18.3. The highest BCUT2D eigenvalue weighted by Crippen LogP contribution is 2.13. The van der Waals surface area contributed by atoms with E-state index in [1.165, 1.54) is 5.56 Å². The molecule has 2 aromatic rings. The number of pyridine rings is 1. The van der Waals surface area contributed by atoms with Crippen LogP contribution < -0.4 is 0 Å². The van der Waals surface area contributed by atoms with Crippen LogP contribution in [-0.4, -0.2) is 22.3 Å². The van der Waals surface area contributed by atoms with Crippen LogP contribution in [0.1, 0.15) is 28.5 Å². The van der Waals surface area contributed by atoms with Gasteiger partial charge in [0.2, 0.25) is 0 Å². The second kappa shape index (κ2) is 6.53. The molecule has 0 spiro atoms. The van der Waals surface area contributed by atoms with Gasteiger partial charge < -0.3 is 4.90 Å². The Morgan fingerprint density at radius 3 is 2.75 bits per heavy atom. The molecule has 1 aromatic heterocycles. The minimum absolute atomic E-state index is 0.100. The smallest absolute Gasteiger partial charge is 0.272 e. The highest BCUT2D eigenvalue weighted by atomic mass is 35.5. The van der Waals surface area contributed by atoms with Crippen molar-refractivity contribution in [1.29, 1.82) is 0 Å². The first kappa shape index (κ1) is 14.5. The molecule has 1 amide bonds. The van der Waals surface area contributed by atoms with Gasteiger partial charge in [-0.1, -0.05) is 41.4 Å². The number of halogens is 1. The summed E-state index contributed by atoms with van der Waals surface area (Å²) in [6.07, 6.45) is 1.55. The molecule has 0 radical (unpaired) electrons. The Bertz CT molecular complexity index is 613. The van der Waals surface area contributed by atoms with Crippen LogP contribution in [-0.2, 0) is 6.54 Å². The number of nitrogens with zero attached hydrogens (tertiary/aromatic N) is 2. The van der Waals surface area contributed by atoms with Crippen molar-refractivity contribution in [2.45, 2.75) is 20.4 Å². The Morgan fingerprint density at radius 2 is 2.10 bits per heavy atom. The van der Waals surface area contributed by atoms with Crippen molar-refractivity contribution in [3.8, 4) is 0 Å². The van der Waals surface area contributed by atoms with E-state index in [0.717, 1.165) is 5.56 Å². The molecule has 20 heavy (non-hydrogen) atoms. The number of amides is 1. The number of benzene rings is 1. The maximum atomic E-state index is 12.4. The largest absolute Gasteiger partial charge is 0.333 e. The summed E-state index contributed by atoms with van der Waals surface area (Å²) in [6.45, 7) is 5.20. The predicted octanol–water partition coefficient (Wildman–Crippen LogP) is 3.71. The standard InChI is InChI=1S/C16H17ClN2O/c1-3-19(11-13-6-4-5-12(2)9-13)16(20)15-10-14(17)7-8-18-15/h4-10H,3,11H2,1-2H3. The van der Waals surface area contributed by atoms with Crippen molar-refractivity contribution in [1.82, 2.24) is 9.88 Å². The van der Waals surface area contributed by atoms with E-state index in [2.05, 4.69) is 11.1 Å². The van der Waals surface area contributed by atoms with Gasteiger partial charge in [0, 0.05) is 24.3 Å². The zero-order chi connectivity index (χ0) is 14.5. The molecule has 0 fully saturated rings. The molecular formula is C16H17ClN2O. The molecule has 0 aliphatic heterocycles. The van der Waals surface area contributed by atoms with E-state index < -0.39 is 0 Å². The molecule has 0 aliphatic rings. The van der Waals surface area contributed by atoms with Gasteiger partial charge in [-0.2, -0.15) is 0 Å². The third kappa shape index (κ3) is 3.58. The zero-order valence-electron chi connectivity index (χ0n) is 11.6. The van der Waals surface area contributed by atoms with E-state index in [1.54, 1.807) is 23.2 Å². The first-order chi connectivity index (χ1) is 9.60.